The van der Waals surface area contributed by atoms with Gasteiger partial charge in [0.25, 0.3) is 0 Å². The van der Waals surface area contributed by atoms with Crippen LogP contribution in [0.1, 0.15) is 27.2 Å². The Morgan fingerprint density at radius 2 is 1.65 bits per heavy atom. The molecule has 0 spiro atoms. The standard InChI is InChI=1S/C7H13NO.C6H11NO/c1-4-7(9)8(5-2)6-3;1-3-5-7-6(8)4-2/h4H,1,5-6H2,2-3H3;4H,2-3,5H2,1H3,(H,7,8). The van der Waals surface area contributed by atoms with Crippen molar-refractivity contribution in [1.29, 1.82) is 0 Å². The molecule has 0 aromatic rings. The van der Waals surface area contributed by atoms with Gasteiger partial charge >= 0.3 is 0 Å². The quantitative estimate of drug-likeness (QED) is 0.719. The fraction of sp³-hybridized carbons (Fsp3) is 0.538. The molecule has 0 unspecified atom stereocenters. The molecule has 0 aliphatic heterocycles. The summed E-state index contributed by atoms with van der Waals surface area (Å²) >= 11 is 0. The van der Waals surface area contributed by atoms with Gasteiger partial charge in [0.05, 0.1) is 0 Å². The molecule has 2 amide bonds. The Hall–Kier alpha value is -1.58. The summed E-state index contributed by atoms with van der Waals surface area (Å²) in [6, 6.07) is 0. The minimum atomic E-state index is -0.0909. The van der Waals surface area contributed by atoms with E-state index in [1.54, 1.807) is 4.90 Å². The fourth-order valence-corrected chi connectivity index (χ4v) is 0.985. The molecule has 0 rings (SSSR count). The Labute approximate surface area is 104 Å². The number of hydrogen-bond acceptors (Lipinski definition) is 2. The first-order valence-electron chi connectivity index (χ1n) is 5.88. The number of amides is 2. The maximum atomic E-state index is 10.8. The molecule has 0 aliphatic carbocycles. The van der Waals surface area contributed by atoms with Crippen LogP contribution < -0.4 is 5.32 Å². The van der Waals surface area contributed by atoms with E-state index >= 15 is 0 Å². The van der Waals surface area contributed by atoms with Crippen LogP contribution in [-0.2, 0) is 9.59 Å². The average Bonchev–Trinajstić information content (AvgIpc) is 2.37. The van der Waals surface area contributed by atoms with E-state index in [-0.39, 0.29) is 11.8 Å². The van der Waals surface area contributed by atoms with Crippen molar-refractivity contribution in [2.24, 2.45) is 0 Å². The number of nitrogens with zero attached hydrogens (tertiary/aromatic N) is 1. The number of carbonyl (C=O) groups is 2. The summed E-state index contributed by atoms with van der Waals surface area (Å²) in [5, 5.41) is 2.62. The Morgan fingerprint density at radius 3 is 1.88 bits per heavy atom. The molecule has 0 aromatic heterocycles. The smallest absolute Gasteiger partial charge is 0.245 e. The highest BCUT2D eigenvalue weighted by molar-refractivity contribution is 5.87. The van der Waals surface area contributed by atoms with Crippen molar-refractivity contribution in [3.63, 3.8) is 0 Å². The first kappa shape index (κ1) is 17.8. The maximum absolute atomic E-state index is 10.8. The summed E-state index contributed by atoms with van der Waals surface area (Å²) < 4.78 is 0. The lowest BCUT2D eigenvalue weighted by Gasteiger charge is -2.15. The van der Waals surface area contributed by atoms with Crippen LogP contribution in [0.2, 0.25) is 0 Å². The Kier molecular flexibility index (Phi) is 13.1. The zero-order valence-corrected chi connectivity index (χ0v) is 11.2. The lowest BCUT2D eigenvalue weighted by Crippen LogP contribution is -2.28. The third-order valence-electron chi connectivity index (χ3n) is 1.98. The molecule has 0 saturated heterocycles. The molecule has 0 aromatic carbocycles. The number of hydrogen-bond donors (Lipinski definition) is 1. The van der Waals surface area contributed by atoms with Gasteiger partial charge in [0, 0.05) is 19.6 Å². The predicted octanol–water partition coefficient (Wildman–Crippen LogP) is 1.74. The summed E-state index contributed by atoms with van der Waals surface area (Å²) in [6.07, 6.45) is 3.59. The molecule has 0 fully saturated rings. The maximum Gasteiger partial charge on any atom is 0.245 e. The zero-order chi connectivity index (χ0) is 13.7. The van der Waals surface area contributed by atoms with Gasteiger partial charge in [-0.1, -0.05) is 20.1 Å². The molecule has 0 aliphatic rings. The fourth-order valence-electron chi connectivity index (χ4n) is 0.985. The van der Waals surface area contributed by atoms with E-state index in [1.807, 2.05) is 20.8 Å². The van der Waals surface area contributed by atoms with Gasteiger partial charge in [-0.25, -0.2) is 0 Å². The van der Waals surface area contributed by atoms with E-state index < -0.39 is 0 Å². The van der Waals surface area contributed by atoms with Crippen molar-refractivity contribution in [1.82, 2.24) is 10.2 Å². The van der Waals surface area contributed by atoms with Crippen LogP contribution in [0.15, 0.2) is 25.3 Å². The molecule has 0 radical (unpaired) electrons. The van der Waals surface area contributed by atoms with Crippen molar-refractivity contribution < 1.29 is 9.59 Å². The van der Waals surface area contributed by atoms with Gasteiger partial charge in [-0.2, -0.15) is 0 Å². The number of likely N-dealkylation sites (N-methyl/N-ethyl adjacent to an activating group) is 1. The second-order valence-electron chi connectivity index (χ2n) is 3.21. The second-order valence-corrected chi connectivity index (χ2v) is 3.21. The zero-order valence-electron chi connectivity index (χ0n) is 11.2. The molecule has 4 heteroatoms. The van der Waals surface area contributed by atoms with Crippen LogP contribution in [0, 0.1) is 0 Å². The van der Waals surface area contributed by atoms with E-state index in [0.717, 1.165) is 26.1 Å². The Morgan fingerprint density at radius 1 is 1.12 bits per heavy atom. The molecule has 0 saturated carbocycles. The highest BCUT2D eigenvalue weighted by atomic mass is 16.2. The van der Waals surface area contributed by atoms with Crippen LogP contribution in [0.25, 0.3) is 0 Å². The lowest BCUT2D eigenvalue weighted by atomic mass is 10.4. The van der Waals surface area contributed by atoms with Gasteiger partial charge < -0.3 is 10.2 Å². The molecule has 0 bridgehead atoms. The average molecular weight is 240 g/mol. The lowest BCUT2D eigenvalue weighted by molar-refractivity contribution is -0.125. The molecule has 4 nitrogen and oxygen atoms in total. The Bertz CT molecular complexity index is 246. The van der Waals surface area contributed by atoms with Gasteiger partial charge in [0.1, 0.15) is 0 Å². The van der Waals surface area contributed by atoms with E-state index in [4.69, 9.17) is 0 Å². The van der Waals surface area contributed by atoms with Crippen molar-refractivity contribution in [3.8, 4) is 0 Å². The van der Waals surface area contributed by atoms with Crippen molar-refractivity contribution in [3.05, 3.63) is 25.3 Å². The van der Waals surface area contributed by atoms with Gasteiger partial charge in [0.15, 0.2) is 0 Å². The summed E-state index contributed by atoms with van der Waals surface area (Å²) in [6.45, 7) is 14.9. The molecule has 98 valence electrons. The third kappa shape index (κ3) is 10.7. The minimum Gasteiger partial charge on any atom is -0.353 e. The molecule has 1 N–H and O–H groups in total. The molecular weight excluding hydrogens is 216 g/mol. The highest BCUT2D eigenvalue weighted by Crippen LogP contribution is 1.87. The topological polar surface area (TPSA) is 49.4 Å². The summed E-state index contributed by atoms with van der Waals surface area (Å²) in [5.74, 6) is -0.0770. The van der Waals surface area contributed by atoms with Gasteiger partial charge in [-0.3, -0.25) is 9.59 Å². The van der Waals surface area contributed by atoms with Crippen molar-refractivity contribution in [2.75, 3.05) is 19.6 Å². The minimum absolute atomic E-state index is 0.0139. The van der Waals surface area contributed by atoms with E-state index in [9.17, 15) is 9.59 Å². The predicted molar refractivity (Wildman–Crippen MR) is 71.6 cm³/mol. The normalized spacial score (nSPS) is 8.41. The number of carbonyl (C=O) groups excluding carboxylic acids is 2. The van der Waals surface area contributed by atoms with Crippen LogP contribution in [0.4, 0.5) is 0 Å². The first-order chi connectivity index (χ1) is 8.06. The van der Waals surface area contributed by atoms with Gasteiger partial charge in [-0.15, -0.1) is 0 Å². The van der Waals surface area contributed by atoms with E-state index in [0.29, 0.717) is 0 Å². The Balaban J connectivity index is 0. The molecular formula is C13H24N2O2. The third-order valence-corrected chi connectivity index (χ3v) is 1.98. The summed E-state index contributed by atoms with van der Waals surface area (Å²) in [7, 11) is 0. The summed E-state index contributed by atoms with van der Waals surface area (Å²) in [4.78, 5) is 22.8. The van der Waals surface area contributed by atoms with Gasteiger partial charge in [-0.05, 0) is 32.4 Å². The molecule has 17 heavy (non-hydrogen) atoms. The SMILES string of the molecule is C=CC(=O)N(CC)CC.C=CC(=O)NCCC. The van der Waals surface area contributed by atoms with Crippen LogP contribution in [0.5, 0.6) is 0 Å². The van der Waals surface area contributed by atoms with Crippen LogP contribution in [-0.4, -0.2) is 36.3 Å². The molecule has 0 atom stereocenters. The van der Waals surface area contributed by atoms with Crippen molar-refractivity contribution in [2.45, 2.75) is 27.2 Å². The first-order valence-corrected chi connectivity index (χ1v) is 5.88. The molecule has 0 heterocycles. The number of nitrogens with one attached hydrogen (secondary N) is 1. The van der Waals surface area contributed by atoms with E-state index in [2.05, 4.69) is 18.5 Å². The van der Waals surface area contributed by atoms with Crippen LogP contribution >= 0.6 is 0 Å². The largest absolute Gasteiger partial charge is 0.353 e. The van der Waals surface area contributed by atoms with Gasteiger partial charge in [0.2, 0.25) is 11.8 Å². The van der Waals surface area contributed by atoms with E-state index in [1.165, 1.54) is 12.2 Å². The monoisotopic (exact) mass is 240 g/mol. The van der Waals surface area contributed by atoms with Crippen molar-refractivity contribution >= 4 is 11.8 Å². The number of rotatable bonds is 6. The van der Waals surface area contributed by atoms with Crippen LogP contribution in [0.3, 0.4) is 0 Å². The highest BCUT2D eigenvalue weighted by Gasteiger charge is 2.01. The second kappa shape index (κ2) is 12.5. The summed E-state index contributed by atoms with van der Waals surface area (Å²) in [5.41, 5.74) is 0.